The lowest BCUT2D eigenvalue weighted by Gasteiger charge is -2.22. The molecule has 0 radical (unpaired) electrons. The number of aromatic nitrogens is 3. The van der Waals surface area contributed by atoms with Gasteiger partial charge in [-0.25, -0.2) is 9.97 Å². The van der Waals surface area contributed by atoms with E-state index in [0.717, 1.165) is 17.0 Å². The first-order chi connectivity index (χ1) is 10.3. The molecule has 0 saturated heterocycles. The summed E-state index contributed by atoms with van der Waals surface area (Å²) in [5.41, 5.74) is 2.96. The number of hydrogen-bond acceptors (Lipinski definition) is 5. The largest absolute Gasteiger partial charge is 0.481 e. The molecule has 3 heterocycles. The monoisotopic (exact) mass is 287 g/mol. The third kappa shape index (κ3) is 3.03. The number of hydrogen-bond donors (Lipinski definition) is 3. The molecule has 2 aromatic heterocycles. The van der Waals surface area contributed by atoms with Gasteiger partial charge in [-0.1, -0.05) is 0 Å². The van der Waals surface area contributed by atoms with E-state index in [9.17, 15) is 4.79 Å². The number of carbonyl (C=O) groups is 1. The summed E-state index contributed by atoms with van der Waals surface area (Å²) in [5.74, 6) is 0.512. The average Bonchev–Trinajstić information content (AvgIpc) is 3.00. The van der Waals surface area contributed by atoms with E-state index in [4.69, 9.17) is 4.74 Å². The van der Waals surface area contributed by atoms with Crippen LogP contribution in [0.3, 0.4) is 0 Å². The summed E-state index contributed by atoms with van der Waals surface area (Å²) in [6, 6.07) is 3.41. The average molecular weight is 287 g/mol. The second kappa shape index (κ2) is 5.92. The summed E-state index contributed by atoms with van der Waals surface area (Å²) in [6.07, 6.45) is 3.93. The fraction of sp³-hybridized carbons (Fsp3) is 0.357. The third-order valence-corrected chi connectivity index (χ3v) is 3.52. The summed E-state index contributed by atoms with van der Waals surface area (Å²) >= 11 is 0. The highest BCUT2D eigenvalue weighted by Gasteiger charge is 2.25. The quantitative estimate of drug-likeness (QED) is 0.744. The predicted octanol–water partition coefficient (Wildman–Crippen LogP) is 0.144. The van der Waals surface area contributed by atoms with Crippen molar-refractivity contribution in [2.45, 2.75) is 25.6 Å². The molecule has 7 nitrogen and oxygen atoms in total. The van der Waals surface area contributed by atoms with Gasteiger partial charge in [0.2, 0.25) is 11.8 Å². The highest BCUT2D eigenvalue weighted by Crippen LogP contribution is 2.12. The number of aromatic amines is 1. The van der Waals surface area contributed by atoms with E-state index in [1.54, 1.807) is 25.7 Å². The number of amides is 1. The second-order valence-electron chi connectivity index (χ2n) is 4.89. The zero-order chi connectivity index (χ0) is 14.7. The molecular formula is C14H17N5O2. The molecular weight excluding hydrogens is 270 g/mol. The molecule has 3 rings (SSSR count). The van der Waals surface area contributed by atoms with Gasteiger partial charge in [0.25, 0.3) is 0 Å². The van der Waals surface area contributed by atoms with Crippen LogP contribution >= 0.6 is 0 Å². The predicted molar refractivity (Wildman–Crippen MR) is 75.6 cm³/mol. The summed E-state index contributed by atoms with van der Waals surface area (Å²) in [4.78, 5) is 23.5. The van der Waals surface area contributed by atoms with Crippen LogP contribution in [-0.2, 0) is 24.3 Å². The van der Waals surface area contributed by atoms with Crippen molar-refractivity contribution in [3.8, 4) is 5.88 Å². The van der Waals surface area contributed by atoms with Crippen LogP contribution in [0, 0.1) is 0 Å². The van der Waals surface area contributed by atoms with Crippen molar-refractivity contribution < 1.29 is 9.53 Å². The van der Waals surface area contributed by atoms with Crippen molar-refractivity contribution in [2.24, 2.45) is 0 Å². The Morgan fingerprint density at radius 1 is 1.52 bits per heavy atom. The van der Waals surface area contributed by atoms with Gasteiger partial charge in [-0.2, -0.15) is 0 Å². The van der Waals surface area contributed by atoms with Gasteiger partial charge in [0.1, 0.15) is 0 Å². The highest BCUT2D eigenvalue weighted by atomic mass is 16.5. The van der Waals surface area contributed by atoms with E-state index in [0.29, 0.717) is 25.4 Å². The maximum absolute atomic E-state index is 12.2. The third-order valence-electron chi connectivity index (χ3n) is 3.52. The Morgan fingerprint density at radius 2 is 2.43 bits per heavy atom. The standard InChI is InChI=1S/C14H17N5O2/c1-21-13-4-9(2-3-15-13)6-17-14(20)11-5-10-12(7-16-11)19-8-18-10/h2-4,8,11,16H,5-7H2,1H3,(H,17,20)(H,18,19). The minimum atomic E-state index is -0.246. The Kier molecular flexibility index (Phi) is 3.83. The molecule has 0 aliphatic carbocycles. The number of imidazole rings is 1. The van der Waals surface area contributed by atoms with Crippen LogP contribution in [0.25, 0.3) is 0 Å². The van der Waals surface area contributed by atoms with Gasteiger partial charge in [0.15, 0.2) is 0 Å². The molecule has 1 unspecified atom stereocenters. The summed E-state index contributed by atoms with van der Waals surface area (Å²) in [7, 11) is 1.57. The summed E-state index contributed by atoms with van der Waals surface area (Å²) in [5, 5.41) is 6.12. The van der Waals surface area contributed by atoms with Crippen molar-refractivity contribution in [2.75, 3.05) is 7.11 Å². The van der Waals surface area contributed by atoms with E-state index in [2.05, 4.69) is 25.6 Å². The van der Waals surface area contributed by atoms with Crippen LogP contribution in [-0.4, -0.2) is 34.0 Å². The molecule has 0 spiro atoms. The molecule has 3 N–H and O–H groups in total. The molecule has 21 heavy (non-hydrogen) atoms. The van der Waals surface area contributed by atoms with Gasteiger partial charge in [-0.05, 0) is 11.6 Å². The van der Waals surface area contributed by atoms with Gasteiger partial charge in [0, 0.05) is 31.8 Å². The van der Waals surface area contributed by atoms with Crippen LogP contribution in [0.5, 0.6) is 5.88 Å². The first-order valence-electron chi connectivity index (χ1n) is 6.77. The van der Waals surface area contributed by atoms with Gasteiger partial charge < -0.3 is 15.0 Å². The number of methoxy groups -OCH3 is 1. The number of fused-ring (bicyclic) bond motifs is 1. The van der Waals surface area contributed by atoms with Gasteiger partial charge in [0.05, 0.1) is 30.9 Å². The lowest BCUT2D eigenvalue weighted by molar-refractivity contribution is -0.123. The molecule has 1 aliphatic rings. The Hall–Kier alpha value is -2.41. The number of H-pyrrole nitrogens is 1. The van der Waals surface area contributed by atoms with Crippen LogP contribution in [0.1, 0.15) is 17.0 Å². The molecule has 1 amide bonds. The van der Waals surface area contributed by atoms with Crippen molar-refractivity contribution in [3.63, 3.8) is 0 Å². The molecule has 7 heteroatoms. The first-order valence-corrected chi connectivity index (χ1v) is 6.77. The fourth-order valence-electron chi connectivity index (χ4n) is 2.34. The molecule has 0 fully saturated rings. The van der Waals surface area contributed by atoms with Crippen molar-refractivity contribution >= 4 is 5.91 Å². The number of pyridine rings is 1. The molecule has 2 aromatic rings. The molecule has 0 aromatic carbocycles. The smallest absolute Gasteiger partial charge is 0.237 e. The highest BCUT2D eigenvalue weighted by molar-refractivity contribution is 5.82. The molecule has 0 saturated carbocycles. The van der Waals surface area contributed by atoms with Crippen LogP contribution in [0.4, 0.5) is 0 Å². The molecule has 1 atom stereocenters. The number of nitrogens with zero attached hydrogens (tertiary/aromatic N) is 2. The Bertz CT molecular complexity index is 640. The number of nitrogens with one attached hydrogen (secondary N) is 3. The van der Waals surface area contributed by atoms with E-state index in [1.165, 1.54) is 0 Å². The molecule has 1 aliphatic heterocycles. The minimum absolute atomic E-state index is 0.0283. The minimum Gasteiger partial charge on any atom is -0.481 e. The molecule has 110 valence electrons. The van der Waals surface area contributed by atoms with Crippen molar-refractivity contribution in [1.82, 2.24) is 25.6 Å². The summed E-state index contributed by atoms with van der Waals surface area (Å²) < 4.78 is 5.06. The lowest BCUT2D eigenvalue weighted by Crippen LogP contribution is -2.47. The van der Waals surface area contributed by atoms with Crippen molar-refractivity contribution in [1.29, 1.82) is 0 Å². The Labute approximate surface area is 122 Å². The van der Waals surface area contributed by atoms with Crippen molar-refractivity contribution in [3.05, 3.63) is 41.6 Å². The SMILES string of the molecule is COc1cc(CNC(=O)C2Cc3nc[nH]c3CN2)ccn1. The van der Waals surface area contributed by atoms with E-state index >= 15 is 0 Å². The van der Waals surface area contributed by atoms with Gasteiger partial charge in [-0.15, -0.1) is 0 Å². The molecule has 0 bridgehead atoms. The lowest BCUT2D eigenvalue weighted by atomic mass is 10.0. The van der Waals surface area contributed by atoms with Gasteiger partial charge >= 0.3 is 0 Å². The Balaban J connectivity index is 1.57. The van der Waals surface area contributed by atoms with E-state index in [1.807, 2.05) is 6.07 Å². The zero-order valence-corrected chi connectivity index (χ0v) is 11.7. The zero-order valence-electron chi connectivity index (χ0n) is 11.7. The Morgan fingerprint density at radius 3 is 3.29 bits per heavy atom. The van der Waals surface area contributed by atoms with Gasteiger partial charge in [-0.3, -0.25) is 10.1 Å². The fourth-order valence-corrected chi connectivity index (χ4v) is 2.34. The summed E-state index contributed by atoms with van der Waals surface area (Å²) in [6.45, 7) is 1.08. The van der Waals surface area contributed by atoms with Crippen LogP contribution in [0.15, 0.2) is 24.7 Å². The first kappa shape index (κ1) is 13.6. The number of carbonyl (C=O) groups excluding carboxylic acids is 1. The van der Waals surface area contributed by atoms with Crippen LogP contribution in [0.2, 0.25) is 0 Å². The maximum Gasteiger partial charge on any atom is 0.237 e. The number of rotatable bonds is 4. The van der Waals surface area contributed by atoms with E-state index in [-0.39, 0.29) is 11.9 Å². The topological polar surface area (TPSA) is 91.9 Å². The number of ether oxygens (including phenoxy) is 1. The normalized spacial score (nSPS) is 17.1. The second-order valence-corrected chi connectivity index (χ2v) is 4.89. The van der Waals surface area contributed by atoms with E-state index < -0.39 is 0 Å². The maximum atomic E-state index is 12.2. The van der Waals surface area contributed by atoms with Crippen LogP contribution < -0.4 is 15.4 Å².